The van der Waals surface area contributed by atoms with Crippen molar-refractivity contribution in [2.45, 2.75) is 44.9 Å². The summed E-state index contributed by atoms with van der Waals surface area (Å²) >= 11 is 0. The number of urea groups is 2. The Labute approximate surface area is 135 Å². The van der Waals surface area contributed by atoms with E-state index in [2.05, 4.69) is 10.6 Å². The molecule has 128 valence electrons. The minimum absolute atomic E-state index is 0.116. The molecule has 0 bridgehead atoms. The number of carbonyl (C=O) groups excluding carboxylic acids is 4. The van der Waals surface area contributed by atoms with Gasteiger partial charge in [-0.25, -0.2) is 9.59 Å². The largest absolute Gasteiger partial charge is 0.336 e. The summed E-state index contributed by atoms with van der Waals surface area (Å²) in [7, 11) is 0. The van der Waals surface area contributed by atoms with E-state index in [0.717, 1.165) is 32.1 Å². The Hall–Kier alpha value is -2.12. The first-order chi connectivity index (χ1) is 11.1. The zero-order chi connectivity index (χ0) is 16.7. The zero-order valence-corrected chi connectivity index (χ0v) is 13.3. The van der Waals surface area contributed by atoms with Gasteiger partial charge in [-0.2, -0.15) is 0 Å². The second kappa shape index (κ2) is 8.50. The highest BCUT2D eigenvalue weighted by atomic mass is 16.2. The Morgan fingerprint density at radius 3 is 1.48 bits per heavy atom. The molecular weight excluding hydrogens is 300 g/mol. The molecule has 2 heterocycles. The second-order valence-corrected chi connectivity index (χ2v) is 5.82. The van der Waals surface area contributed by atoms with Crippen molar-refractivity contribution in [2.75, 3.05) is 26.2 Å². The molecule has 0 aromatic rings. The van der Waals surface area contributed by atoms with Crippen LogP contribution in [0.4, 0.5) is 9.59 Å². The molecule has 0 radical (unpaired) electrons. The Bertz CT molecular complexity index is 438. The maximum atomic E-state index is 11.8. The van der Waals surface area contributed by atoms with Gasteiger partial charge in [-0.1, -0.05) is 19.3 Å². The fourth-order valence-electron chi connectivity index (χ4n) is 2.77. The molecule has 0 spiro atoms. The van der Waals surface area contributed by atoms with Gasteiger partial charge in [0.15, 0.2) is 0 Å². The molecular formula is C15H24N4O4. The number of hydrogen-bond acceptors (Lipinski definition) is 4. The quantitative estimate of drug-likeness (QED) is 0.646. The third-order valence-corrected chi connectivity index (χ3v) is 4.10. The van der Waals surface area contributed by atoms with E-state index in [4.69, 9.17) is 0 Å². The third kappa shape index (κ3) is 4.94. The Morgan fingerprint density at radius 2 is 1.13 bits per heavy atom. The van der Waals surface area contributed by atoms with Gasteiger partial charge in [-0.05, 0) is 12.8 Å². The van der Waals surface area contributed by atoms with Crippen LogP contribution in [-0.2, 0) is 9.59 Å². The predicted octanol–water partition coefficient (Wildman–Crippen LogP) is 0.821. The van der Waals surface area contributed by atoms with Crippen LogP contribution < -0.4 is 10.6 Å². The first-order valence-corrected chi connectivity index (χ1v) is 8.26. The number of imide groups is 2. The summed E-state index contributed by atoms with van der Waals surface area (Å²) in [5, 5.41) is 5.21. The SMILES string of the molecule is O=C(CCCCCCCC(=O)N1CCNC1=O)N1CCNC1=O. The molecule has 0 aliphatic carbocycles. The molecule has 2 saturated heterocycles. The van der Waals surface area contributed by atoms with E-state index >= 15 is 0 Å². The molecule has 0 atom stereocenters. The number of rotatable bonds is 8. The summed E-state index contributed by atoms with van der Waals surface area (Å²) in [5.74, 6) is -0.231. The third-order valence-electron chi connectivity index (χ3n) is 4.10. The smallest absolute Gasteiger partial charge is 0.324 e. The number of carbonyl (C=O) groups is 4. The zero-order valence-electron chi connectivity index (χ0n) is 13.3. The van der Waals surface area contributed by atoms with Crippen molar-refractivity contribution in [3.8, 4) is 0 Å². The van der Waals surface area contributed by atoms with E-state index in [0.29, 0.717) is 39.0 Å². The van der Waals surface area contributed by atoms with Crippen molar-refractivity contribution in [2.24, 2.45) is 0 Å². The van der Waals surface area contributed by atoms with E-state index in [-0.39, 0.29) is 23.9 Å². The summed E-state index contributed by atoms with van der Waals surface area (Å²) in [6, 6.07) is -0.584. The van der Waals surface area contributed by atoms with E-state index < -0.39 is 0 Å². The van der Waals surface area contributed by atoms with Crippen LogP contribution in [-0.4, -0.2) is 59.9 Å². The maximum Gasteiger partial charge on any atom is 0.324 e. The highest BCUT2D eigenvalue weighted by Gasteiger charge is 2.26. The standard InChI is InChI=1S/C15H24N4O4/c20-12(18-10-8-16-14(18)22)6-4-2-1-3-5-7-13(21)19-11-9-17-15(19)23/h1-11H2,(H,16,22)(H,17,23). The van der Waals surface area contributed by atoms with Crippen molar-refractivity contribution in [1.29, 1.82) is 0 Å². The number of amides is 6. The van der Waals surface area contributed by atoms with Gasteiger partial charge in [0.1, 0.15) is 0 Å². The normalized spacial score (nSPS) is 17.4. The van der Waals surface area contributed by atoms with Gasteiger partial charge in [0, 0.05) is 39.0 Å². The van der Waals surface area contributed by atoms with E-state index in [1.54, 1.807) is 0 Å². The molecule has 8 nitrogen and oxygen atoms in total. The Kier molecular flexibility index (Phi) is 6.37. The number of nitrogens with one attached hydrogen (secondary N) is 2. The molecule has 2 N–H and O–H groups in total. The Balaban J connectivity index is 1.48. The first-order valence-electron chi connectivity index (χ1n) is 8.26. The van der Waals surface area contributed by atoms with E-state index in [9.17, 15) is 19.2 Å². The van der Waals surface area contributed by atoms with Gasteiger partial charge in [-0.15, -0.1) is 0 Å². The summed E-state index contributed by atoms with van der Waals surface area (Å²) in [6.07, 6.45) is 5.04. The van der Waals surface area contributed by atoms with Gasteiger partial charge in [0.05, 0.1) is 0 Å². The average Bonchev–Trinajstić information content (AvgIpc) is 3.14. The molecule has 0 saturated carbocycles. The van der Waals surface area contributed by atoms with Gasteiger partial charge in [0.2, 0.25) is 11.8 Å². The van der Waals surface area contributed by atoms with Crippen molar-refractivity contribution in [3.63, 3.8) is 0 Å². The molecule has 0 unspecified atom stereocenters. The summed E-state index contributed by atoms with van der Waals surface area (Å²) in [5.41, 5.74) is 0. The minimum Gasteiger partial charge on any atom is -0.336 e. The topological polar surface area (TPSA) is 98.8 Å². The molecule has 2 fully saturated rings. The highest BCUT2D eigenvalue weighted by molar-refractivity contribution is 5.96. The van der Waals surface area contributed by atoms with E-state index in [1.165, 1.54) is 9.80 Å². The van der Waals surface area contributed by atoms with Gasteiger partial charge >= 0.3 is 12.1 Å². The fraction of sp³-hybridized carbons (Fsp3) is 0.733. The average molecular weight is 324 g/mol. The van der Waals surface area contributed by atoms with Crippen molar-refractivity contribution >= 4 is 23.9 Å². The number of hydrogen-bond donors (Lipinski definition) is 2. The van der Waals surface area contributed by atoms with Gasteiger partial charge < -0.3 is 10.6 Å². The lowest BCUT2D eigenvalue weighted by Crippen LogP contribution is -2.34. The molecule has 0 aromatic carbocycles. The van der Waals surface area contributed by atoms with Gasteiger partial charge in [-0.3, -0.25) is 19.4 Å². The van der Waals surface area contributed by atoms with Crippen LogP contribution in [0.15, 0.2) is 0 Å². The molecule has 2 aliphatic heterocycles. The van der Waals surface area contributed by atoms with Gasteiger partial charge in [0.25, 0.3) is 0 Å². The van der Waals surface area contributed by atoms with Crippen molar-refractivity contribution < 1.29 is 19.2 Å². The first kappa shape index (κ1) is 17.2. The molecule has 2 rings (SSSR count). The highest BCUT2D eigenvalue weighted by Crippen LogP contribution is 2.11. The van der Waals surface area contributed by atoms with Crippen LogP contribution in [0, 0.1) is 0 Å². The van der Waals surface area contributed by atoms with E-state index in [1.807, 2.05) is 0 Å². The van der Waals surface area contributed by atoms with Crippen LogP contribution in [0.3, 0.4) is 0 Å². The number of unbranched alkanes of at least 4 members (excludes halogenated alkanes) is 4. The van der Waals surface area contributed by atoms with Crippen LogP contribution in [0.25, 0.3) is 0 Å². The Morgan fingerprint density at radius 1 is 0.739 bits per heavy atom. The molecule has 23 heavy (non-hydrogen) atoms. The summed E-state index contributed by atoms with van der Waals surface area (Å²) in [6.45, 7) is 2.00. The van der Waals surface area contributed by atoms with Crippen molar-refractivity contribution in [3.05, 3.63) is 0 Å². The van der Waals surface area contributed by atoms with Crippen molar-refractivity contribution in [1.82, 2.24) is 20.4 Å². The molecule has 2 aliphatic rings. The fourth-order valence-corrected chi connectivity index (χ4v) is 2.77. The molecule has 0 aromatic heterocycles. The lowest BCUT2D eigenvalue weighted by atomic mass is 10.1. The molecule has 8 heteroatoms. The predicted molar refractivity (Wildman–Crippen MR) is 82.5 cm³/mol. The monoisotopic (exact) mass is 324 g/mol. The molecule has 6 amide bonds. The lowest BCUT2D eigenvalue weighted by Gasteiger charge is -2.12. The van der Waals surface area contributed by atoms with Crippen LogP contribution in [0.2, 0.25) is 0 Å². The van der Waals surface area contributed by atoms with Crippen LogP contribution >= 0.6 is 0 Å². The summed E-state index contributed by atoms with van der Waals surface area (Å²) < 4.78 is 0. The number of nitrogens with zero attached hydrogens (tertiary/aromatic N) is 2. The second-order valence-electron chi connectivity index (χ2n) is 5.82. The maximum absolute atomic E-state index is 11.8. The summed E-state index contributed by atoms with van der Waals surface area (Å²) in [4.78, 5) is 48.7. The minimum atomic E-state index is -0.292. The van der Waals surface area contributed by atoms with Crippen LogP contribution in [0.1, 0.15) is 44.9 Å². The van der Waals surface area contributed by atoms with Crippen LogP contribution in [0.5, 0.6) is 0 Å². The lowest BCUT2D eigenvalue weighted by molar-refractivity contribution is -0.128.